The summed E-state index contributed by atoms with van der Waals surface area (Å²) in [6.45, 7) is 2.11. The van der Waals surface area contributed by atoms with Crippen molar-refractivity contribution in [1.29, 1.82) is 5.26 Å². The van der Waals surface area contributed by atoms with Gasteiger partial charge < -0.3 is 10.1 Å². The molecule has 0 radical (unpaired) electrons. The van der Waals surface area contributed by atoms with Crippen molar-refractivity contribution in [3.63, 3.8) is 0 Å². The van der Waals surface area contributed by atoms with Gasteiger partial charge in [0.1, 0.15) is 29.8 Å². The fourth-order valence-electron chi connectivity index (χ4n) is 3.00. The van der Waals surface area contributed by atoms with Crippen LogP contribution in [0, 0.1) is 24.3 Å². The van der Waals surface area contributed by atoms with Gasteiger partial charge in [0.05, 0.1) is 13.2 Å². The first-order valence-electron chi connectivity index (χ1n) is 9.71. The lowest BCUT2D eigenvalue weighted by Crippen LogP contribution is -2.27. The standard InChI is InChI=1S/C25H19FI2N2O2/c1-16(19-7-3-2-4-8-19)30-25(31)20(14-29)10-18-12-22(27)24(23(28)13-18)32-15-17-6-5-9-21(26)11-17/h2-13,16H,15H2,1H3,(H,30,31)/b20-10-/t16-/m1/s1. The van der Waals surface area contributed by atoms with Crippen LogP contribution < -0.4 is 10.1 Å². The number of carbonyl (C=O) groups excluding carboxylic acids is 1. The van der Waals surface area contributed by atoms with E-state index >= 15 is 0 Å². The summed E-state index contributed by atoms with van der Waals surface area (Å²) in [7, 11) is 0. The van der Waals surface area contributed by atoms with Gasteiger partial charge in [-0.05, 0) is 99.1 Å². The normalized spacial score (nSPS) is 12.0. The first-order chi connectivity index (χ1) is 15.4. The molecule has 3 aromatic rings. The van der Waals surface area contributed by atoms with Gasteiger partial charge in [-0.15, -0.1) is 0 Å². The molecule has 32 heavy (non-hydrogen) atoms. The van der Waals surface area contributed by atoms with Gasteiger partial charge in [-0.2, -0.15) is 5.26 Å². The van der Waals surface area contributed by atoms with Gasteiger partial charge in [0.2, 0.25) is 0 Å². The molecule has 0 aromatic heterocycles. The van der Waals surface area contributed by atoms with Gasteiger partial charge in [0, 0.05) is 0 Å². The molecule has 0 spiro atoms. The molecule has 0 aliphatic rings. The molecule has 0 aliphatic heterocycles. The molecule has 4 nitrogen and oxygen atoms in total. The highest BCUT2D eigenvalue weighted by molar-refractivity contribution is 14.1. The van der Waals surface area contributed by atoms with E-state index in [1.165, 1.54) is 12.1 Å². The molecular formula is C25H19FI2N2O2. The van der Waals surface area contributed by atoms with Gasteiger partial charge in [-0.25, -0.2) is 4.39 Å². The molecule has 0 heterocycles. The van der Waals surface area contributed by atoms with Crippen LogP contribution in [0.2, 0.25) is 0 Å². The molecular weight excluding hydrogens is 633 g/mol. The molecule has 1 N–H and O–H groups in total. The van der Waals surface area contributed by atoms with Gasteiger partial charge in [0.25, 0.3) is 5.91 Å². The Bertz CT molecular complexity index is 1170. The third-order valence-corrected chi connectivity index (χ3v) is 6.22. The summed E-state index contributed by atoms with van der Waals surface area (Å²) < 4.78 is 20.9. The Balaban J connectivity index is 1.74. The first kappa shape index (κ1) is 24.2. The number of benzene rings is 3. The van der Waals surface area contributed by atoms with E-state index < -0.39 is 5.91 Å². The molecule has 0 aliphatic carbocycles. The largest absolute Gasteiger partial charge is 0.487 e. The SMILES string of the molecule is C[C@@H](NC(=O)/C(C#N)=C\c1cc(I)c(OCc2cccc(F)c2)c(I)c1)c1ccccc1. The third kappa shape index (κ3) is 6.53. The zero-order valence-corrected chi connectivity index (χ0v) is 21.4. The number of nitrogens with one attached hydrogen (secondary N) is 1. The fraction of sp³-hybridized carbons (Fsp3) is 0.120. The molecule has 162 valence electrons. The number of carbonyl (C=O) groups is 1. The number of halogens is 3. The quantitative estimate of drug-likeness (QED) is 0.183. The van der Waals surface area contributed by atoms with Crippen LogP contribution in [0.1, 0.15) is 29.7 Å². The zero-order chi connectivity index (χ0) is 23.1. The highest BCUT2D eigenvalue weighted by Crippen LogP contribution is 2.30. The van der Waals surface area contributed by atoms with Crippen molar-refractivity contribution in [2.45, 2.75) is 19.6 Å². The number of amides is 1. The number of hydrogen-bond donors (Lipinski definition) is 1. The van der Waals surface area contributed by atoms with Crippen LogP contribution in [-0.2, 0) is 11.4 Å². The maximum atomic E-state index is 13.4. The minimum Gasteiger partial charge on any atom is -0.487 e. The van der Waals surface area contributed by atoms with Gasteiger partial charge >= 0.3 is 0 Å². The Labute approximate surface area is 213 Å². The van der Waals surface area contributed by atoms with E-state index in [2.05, 4.69) is 50.5 Å². The second-order valence-corrected chi connectivity index (χ2v) is 9.33. The highest BCUT2D eigenvalue weighted by Gasteiger charge is 2.15. The van der Waals surface area contributed by atoms with Crippen molar-refractivity contribution in [1.82, 2.24) is 5.32 Å². The molecule has 1 atom stereocenters. The second-order valence-electron chi connectivity index (χ2n) is 7.01. The minimum absolute atomic E-state index is 0.0211. The average Bonchev–Trinajstić information content (AvgIpc) is 2.77. The molecule has 0 saturated carbocycles. The zero-order valence-electron chi connectivity index (χ0n) is 17.1. The van der Waals surface area contributed by atoms with Crippen LogP contribution in [0.3, 0.4) is 0 Å². The van der Waals surface area contributed by atoms with Crippen molar-refractivity contribution in [3.05, 3.63) is 102 Å². The van der Waals surface area contributed by atoms with Crippen LogP contribution in [0.25, 0.3) is 6.08 Å². The van der Waals surface area contributed by atoms with Crippen molar-refractivity contribution in [2.24, 2.45) is 0 Å². The fourth-order valence-corrected chi connectivity index (χ4v) is 5.13. The van der Waals surface area contributed by atoms with E-state index in [1.54, 1.807) is 18.2 Å². The van der Waals surface area contributed by atoms with Crippen molar-refractivity contribution >= 4 is 57.2 Å². The Morgan fingerprint density at radius 3 is 2.44 bits per heavy atom. The van der Waals surface area contributed by atoms with E-state index in [0.29, 0.717) is 5.75 Å². The Morgan fingerprint density at radius 2 is 1.81 bits per heavy atom. The molecule has 0 unspecified atom stereocenters. The van der Waals surface area contributed by atoms with Crippen LogP contribution in [-0.4, -0.2) is 5.91 Å². The number of rotatable bonds is 7. The summed E-state index contributed by atoms with van der Waals surface area (Å²) in [5, 5.41) is 12.4. The number of ether oxygens (including phenoxy) is 1. The molecule has 0 saturated heterocycles. The lowest BCUT2D eigenvalue weighted by molar-refractivity contribution is -0.117. The number of hydrogen-bond acceptors (Lipinski definition) is 3. The predicted molar refractivity (Wildman–Crippen MR) is 139 cm³/mol. The van der Waals surface area contributed by atoms with E-state index in [1.807, 2.05) is 55.5 Å². The van der Waals surface area contributed by atoms with Gasteiger partial charge in [-0.1, -0.05) is 42.5 Å². The Kier molecular flexibility index (Phi) is 8.64. The van der Waals surface area contributed by atoms with E-state index in [0.717, 1.165) is 23.8 Å². The topological polar surface area (TPSA) is 62.1 Å². The van der Waals surface area contributed by atoms with E-state index in [9.17, 15) is 14.4 Å². The summed E-state index contributed by atoms with van der Waals surface area (Å²) in [6, 6.07) is 21.3. The molecule has 0 fully saturated rings. The third-order valence-electron chi connectivity index (χ3n) is 4.62. The second kappa shape index (κ2) is 11.4. The van der Waals surface area contributed by atoms with Gasteiger partial charge in [0.15, 0.2) is 0 Å². The maximum absolute atomic E-state index is 13.4. The van der Waals surface area contributed by atoms with E-state index in [-0.39, 0.29) is 24.0 Å². The van der Waals surface area contributed by atoms with Crippen LogP contribution in [0.4, 0.5) is 4.39 Å². The smallest absolute Gasteiger partial charge is 0.262 e. The summed E-state index contributed by atoms with van der Waals surface area (Å²) in [4.78, 5) is 12.6. The lowest BCUT2D eigenvalue weighted by atomic mass is 10.1. The van der Waals surface area contributed by atoms with Crippen molar-refractivity contribution in [2.75, 3.05) is 0 Å². The van der Waals surface area contributed by atoms with E-state index in [4.69, 9.17) is 4.74 Å². The Morgan fingerprint density at radius 1 is 1.12 bits per heavy atom. The summed E-state index contributed by atoms with van der Waals surface area (Å²) in [5.74, 6) is -0.0616. The Hall–Kier alpha value is -2.45. The average molecular weight is 652 g/mol. The summed E-state index contributed by atoms with van der Waals surface area (Å²) >= 11 is 4.30. The first-order valence-corrected chi connectivity index (χ1v) is 11.9. The van der Waals surface area contributed by atoms with Crippen LogP contribution in [0.15, 0.2) is 72.3 Å². The monoisotopic (exact) mass is 652 g/mol. The lowest BCUT2D eigenvalue weighted by Gasteiger charge is -2.14. The number of nitrogens with zero attached hydrogens (tertiary/aromatic N) is 1. The summed E-state index contributed by atoms with van der Waals surface area (Å²) in [5.41, 5.74) is 2.43. The van der Waals surface area contributed by atoms with Gasteiger partial charge in [-0.3, -0.25) is 4.79 Å². The van der Waals surface area contributed by atoms with Crippen molar-refractivity contribution in [3.8, 4) is 11.8 Å². The molecule has 3 aromatic carbocycles. The minimum atomic E-state index is -0.430. The summed E-state index contributed by atoms with van der Waals surface area (Å²) in [6.07, 6.45) is 1.56. The molecule has 0 bridgehead atoms. The van der Waals surface area contributed by atoms with Crippen LogP contribution in [0.5, 0.6) is 5.75 Å². The molecule has 1 amide bonds. The van der Waals surface area contributed by atoms with Crippen LogP contribution >= 0.6 is 45.2 Å². The maximum Gasteiger partial charge on any atom is 0.262 e. The molecule has 3 rings (SSSR count). The number of nitriles is 1. The molecule has 7 heteroatoms. The highest BCUT2D eigenvalue weighted by atomic mass is 127. The van der Waals surface area contributed by atoms with Crippen molar-refractivity contribution < 1.29 is 13.9 Å². The predicted octanol–water partition coefficient (Wildman–Crippen LogP) is 6.40.